The number of hydrogen-bond acceptors (Lipinski definition) is 0. The highest BCUT2D eigenvalue weighted by molar-refractivity contribution is 5.59. The minimum atomic E-state index is 0.173. The second kappa shape index (κ2) is 15.9. The Kier molecular flexibility index (Phi) is 10.9. The van der Waals surface area contributed by atoms with Gasteiger partial charge in [-0.25, -0.2) is 0 Å². The van der Waals surface area contributed by atoms with Gasteiger partial charge in [0.25, 0.3) is 0 Å². The molecule has 212 valence electrons. The van der Waals surface area contributed by atoms with Gasteiger partial charge in [0.15, 0.2) is 0 Å². The van der Waals surface area contributed by atoms with E-state index in [0.29, 0.717) is 0 Å². The quantitative estimate of drug-likeness (QED) is 0.106. The van der Waals surface area contributed by atoms with Crippen LogP contribution in [0.4, 0.5) is 0 Å². The number of benzene rings is 5. The molecule has 0 aliphatic heterocycles. The molecule has 0 heteroatoms. The van der Waals surface area contributed by atoms with Crippen LogP contribution in [0.3, 0.4) is 0 Å². The van der Waals surface area contributed by atoms with Crippen LogP contribution in [0.15, 0.2) is 158 Å². The smallest absolute Gasteiger partial charge is 0.0340 e. The molecule has 0 spiro atoms. The SMILES string of the molecule is CCCCc1ccc(C(c2ccc(/C=C/C=C/c3ccccc3)cc2)c2ccc(/C=C/C=C/c3ccccc3)cc2)cc1. The number of hydrogen-bond donors (Lipinski definition) is 0. The Morgan fingerprint density at radius 3 is 1.14 bits per heavy atom. The van der Waals surface area contributed by atoms with Crippen molar-refractivity contribution >= 4 is 24.3 Å². The van der Waals surface area contributed by atoms with Crippen molar-refractivity contribution in [2.75, 3.05) is 0 Å². The van der Waals surface area contributed by atoms with E-state index in [1.165, 1.54) is 57.3 Å². The standard InChI is InChI=1S/C43H40/c1-2-3-14-37-23-29-40(30-24-37)43(41-31-25-38(26-32-41)21-12-10-19-35-15-6-4-7-16-35)42-33-27-39(28-34-42)22-13-11-20-36-17-8-5-9-18-36/h4-13,15-34,43H,2-3,14H2,1H3/b19-10+,20-11+,21-12+,22-13+. The zero-order valence-corrected chi connectivity index (χ0v) is 25.0. The fourth-order valence-corrected chi connectivity index (χ4v) is 5.23. The van der Waals surface area contributed by atoms with Crippen molar-refractivity contribution in [3.05, 3.63) is 202 Å². The summed E-state index contributed by atoms with van der Waals surface area (Å²) in [6, 6.07) is 48.0. The van der Waals surface area contributed by atoms with Crippen LogP contribution < -0.4 is 0 Å². The van der Waals surface area contributed by atoms with E-state index in [-0.39, 0.29) is 5.92 Å². The molecule has 0 saturated carbocycles. The van der Waals surface area contributed by atoms with Crippen LogP contribution in [0.25, 0.3) is 24.3 Å². The summed E-state index contributed by atoms with van der Waals surface area (Å²) >= 11 is 0. The predicted molar refractivity (Wildman–Crippen MR) is 188 cm³/mol. The lowest BCUT2D eigenvalue weighted by molar-refractivity contribution is 0.794. The molecule has 0 aromatic heterocycles. The molecule has 0 atom stereocenters. The summed E-state index contributed by atoms with van der Waals surface area (Å²) in [7, 11) is 0. The average molecular weight is 557 g/mol. The molecule has 0 aliphatic carbocycles. The van der Waals surface area contributed by atoms with Gasteiger partial charge in [-0.15, -0.1) is 0 Å². The Morgan fingerprint density at radius 2 is 0.767 bits per heavy atom. The Hall–Kier alpha value is -4.94. The molecule has 0 bridgehead atoms. The highest BCUT2D eigenvalue weighted by atomic mass is 14.2. The van der Waals surface area contributed by atoms with E-state index in [9.17, 15) is 0 Å². The van der Waals surface area contributed by atoms with Crippen molar-refractivity contribution in [1.82, 2.24) is 0 Å². The van der Waals surface area contributed by atoms with Crippen molar-refractivity contribution in [2.45, 2.75) is 32.1 Å². The van der Waals surface area contributed by atoms with Gasteiger partial charge in [-0.1, -0.05) is 195 Å². The molecule has 0 amide bonds. The van der Waals surface area contributed by atoms with Gasteiger partial charge in [-0.2, -0.15) is 0 Å². The van der Waals surface area contributed by atoms with Gasteiger partial charge in [0.05, 0.1) is 0 Å². The lowest BCUT2D eigenvalue weighted by atomic mass is 9.84. The fourth-order valence-electron chi connectivity index (χ4n) is 5.23. The Balaban J connectivity index is 1.34. The van der Waals surface area contributed by atoms with Gasteiger partial charge in [0.2, 0.25) is 0 Å². The van der Waals surface area contributed by atoms with Crippen LogP contribution >= 0.6 is 0 Å². The van der Waals surface area contributed by atoms with Crippen molar-refractivity contribution in [3.63, 3.8) is 0 Å². The van der Waals surface area contributed by atoms with Gasteiger partial charge in [-0.05, 0) is 57.3 Å². The van der Waals surface area contributed by atoms with E-state index < -0.39 is 0 Å². The molecular formula is C43H40. The van der Waals surface area contributed by atoms with Gasteiger partial charge in [0, 0.05) is 5.92 Å². The summed E-state index contributed by atoms with van der Waals surface area (Å²) in [5, 5.41) is 0. The van der Waals surface area contributed by atoms with E-state index in [1.54, 1.807) is 0 Å². The predicted octanol–water partition coefficient (Wildman–Crippen LogP) is 11.7. The number of allylic oxidation sites excluding steroid dienone is 4. The number of aryl methyl sites for hydroxylation is 1. The summed E-state index contributed by atoms with van der Waals surface area (Å²) in [5.41, 5.74) is 10.1. The van der Waals surface area contributed by atoms with E-state index in [4.69, 9.17) is 0 Å². The summed E-state index contributed by atoms with van der Waals surface area (Å²) in [4.78, 5) is 0. The lowest BCUT2D eigenvalue weighted by Crippen LogP contribution is -2.04. The summed E-state index contributed by atoms with van der Waals surface area (Å²) < 4.78 is 0. The minimum absolute atomic E-state index is 0.173. The largest absolute Gasteiger partial charge is 0.0654 e. The first-order chi connectivity index (χ1) is 21.3. The van der Waals surface area contributed by atoms with Crippen LogP contribution in [0.1, 0.15) is 70.2 Å². The van der Waals surface area contributed by atoms with Crippen molar-refractivity contribution in [2.24, 2.45) is 0 Å². The first kappa shape index (κ1) is 29.5. The molecular weight excluding hydrogens is 516 g/mol. The maximum absolute atomic E-state index is 2.32. The van der Waals surface area contributed by atoms with Gasteiger partial charge >= 0.3 is 0 Å². The van der Waals surface area contributed by atoms with Crippen molar-refractivity contribution in [1.29, 1.82) is 0 Å². The molecule has 0 fully saturated rings. The third kappa shape index (κ3) is 9.02. The molecule has 5 aromatic carbocycles. The van der Waals surface area contributed by atoms with Crippen LogP contribution in [0, 0.1) is 0 Å². The zero-order chi connectivity index (χ0) is 29.5. The van der Waals surface area contributed by atoms with E-state index >= 15 is 0 Å². The first-order valence-corrected chi connectivity index (χ1v) is 15.4. The highest BCUT2D eigenvalue weighted by Gasteiger charge is 2.17. The Bertz CT molecular complexity index is 1530. The van der Waals surface area contributed by atoms with Crippen LogP contribution in [0.5, 0.6) is 0 Å². The van der Waals surface area contributed by atoms with Gasteiger partial charge in [0.1, 0.15) is 0 Å². The van der Waals surface area contributed by atoms with E-state index in [2.05, 4.69) is 177 Å². The molecule has 0 heterocycles. The summed E-state index contributed by atoms with van der Waals surface area (Å²) in [6.07, 6.45) is 20.6. The van der Waals surface area contributed by atoms with Crippen molar-refractivity contribution in [3.8, 4) is 0 Å². The van der Waals surface area contributed by atoms with Crippen LogP contribution in [-0.4, -0.2) is 0 Å². The van der Waals surface area contributed by atoms with Gasteiger partial charge in [-0.3, -0.25) is 0 Å². The lowest BCUT2D eigenvalue weighted by Gasteiger charge is -2.20. The molecule has 0 N–H and O–H groups in total. The molecule has 0 aliphatic rings. The summed E-state index contributed by atoms with van der Waals surface area (Å²) in [5.74, 6) is 0.173. The van der Waals surface area contributed by atoms with E-state index in [1.807, 2.05) is 12.1 Å². The number of unbranched alkanes of at least 4 members (excludes halogenated alkanes) is 1. The molecule has 5 aromatic rings. The molecule has 0 saturated heterocycles. The topological polar surface area (TPSA) is 0 Å². The number of rotatable bonds is 12. The molecule has 0 unspecified atom stereocenters. The van der Waals surface area contributed by atoms with Crippen LogP contribution in [-0.2, 0) is 6.42 Å². The third-order valence-electron chi connectivity index (χ3n) is 7.65. The van der Waals surface area contributed by atoms with Gasteiger partial charge < -0.3 is 0 Å². The second-order valence-corrected chi connectivity index (χ2v) is 10.9. The maximum Gasteiger partial charge on any atom is 0.0340 e. The molecule has 5 rings (SSSR count). The first-order valence-electron chi connectivity index (χ1n) is 15.4. The third-order valence-corrected chi connectivity index (χ3v) is 7.65. The molecule has 0 radical (unpaired) electrons. The monoisotopic (exact) mass is 556 g/mol. The van der Waals surface area contributed by atoms with E-state index in [0.717, 1.165) is 6.42 Å². The normalized spacial score (nSPS) is 12.0. The molecule has 43 heavy (non-hydrogen) atoms. The van der Waals surface area contributed by atoms with Crippen LogP contribution in [0.2, 0.25) is 0 Å². The second-order valence-electron chi connectivity index (χ2n) is 10.9. The zero-order valence-electron chi connectivity index (χ0n) is 25.0. The Morgan fingerprint density at radius 1 is 0.419 bits per heavy atom. The average Bonchev–Trinajstić information content (AvgIpc) is 3.07. The highest BCUT2D eigenvalue weighted by Crippen LogP contribution is 2.33. The Labute approximate surface area is 258 Å². The fraction of sp³-hybridized carbons (Fsp3) is 0.116. The van der Waals surface area contributed by atoms with Crippen molar-refractivity contribution < 1.29 is 0 Å². The maximum atomic E-state index is 2.32. The molecule has 0 nitrogen and oxygen atoms in total. The minimum Gasteiger partial charge on any atom is -0.0654 e. The summed E-state index contributed by atoms with van der Waals surface area (Å²) in [6.45, 7) is 2.25.